The van der Waals surface area contributed by atoms with E-state index in [1.807, 2.05) is 73.7 Å². The lowest BCUT2D eigenvalue weighted by Crippen LogP contribution is -2.45. The number of nitrogens with one attached hydrogen (secondary N) is 1. The zero-order chi connectivity index (χ0) is 32.1. The van der Waals surface area contributed by atoms with E-state index in [2.05, 4.69) is 5.32 Å². The number of rotatable bonds is 9. The molecule has 1 N–H and O–H groups in total. The zero-order valence-corrected chi connectivity index (χ0v) is 26.6. The fourth-order valence-corrected chi connectivity index (χ4v) is 7.70. The van der Waals surface area contributed by atoms with Gasteiger partial charge < -0.3 is 5.32 Å². The molecule has 0 saturated heterocycles. The maximum absolute atomic E-state index is 14.8. The van der Waals surface area contributed by atoms with Crippen LogP contribution in [0.15, 0.2) is 130 Å². The third kappa shape index (κ3) is 6.58. The van der Waals surface area contributed by atoms with Gasteiger partial charge in [-0.25, -0.2) is 13.1 Å². The van der Waals surface area contributed by atoms with Crippen molar-refractivity contribution in [3.8, 4) is 22.4 Å². The lowest BCUT2D eigenvalue weighted by atomic mass is 9.95. The Bertz CT molecular complexity index is 1970. The zero-order valence-electron chi connectivity index (χ0n) is 25.8. The van der Waals surface area contributed by atoms with Crippen LogP contribution in [0.3, 0.4) is 0 Å². The number of nitrogens with zero attached hydrogens (tertiary/aromatic N) is 2. The Morgan fingerprint density at radius 1 is 0.804 bits per heavy atom. The Morgan fingerprint density at radius 3 is 1.98 bits per heavy atom. The first-order valence-corrected chi connectivity index (χ1v) is 17.2. The Kier molecular flexibility index (Phi) is 9.26. The van der Waals surface area contributed by atoms with Crippen LogP contribution in [0.5, 0.6) is 0 Å². The van der Waals surface area contributed by atoms with Gasteiger partial charge in [-0.1, -0.05) is 128 Å². The summed E-state index contributed by atoms with van der Waals surface area (Å²) in [6.45, 7) is 1.87. The second kappa shape index (κ2) is 13.7. The van der Waals surface area contributed by atoms with Gasteiger partial charge in [-0.15, -0.1) is 0 Å². The molecular formula is C38H37N3O4S. The van der Waals surface area contributed by atoms with Crippen LogP contribution in [0.25, 0.3) is 22.4 Å². The maximum atomic E-state index is 14.8. The third-order valence-corrected chi connectivity index (χ3v) is 10.4. The van der Waals surface area contributed by atoms with Gasteiger partial charge in [0.2, 0.25) is 15.7 Å². The van der Waals surface area contributed by atoms with Crippen LogP contribution in [0.1, 0.15) is 49.3 Å². The number of amides is 1. The summed E-state index contributed by atoms with van der Waals surface area (Å²) >= 11 is 0. The summed E-state index contributed by atoms with van der Waals surface area (Å²) in [5, 5.41) is 8.07. The molecule has 0 aliphatic heterocycles. The van der Waals surface area contributed by atoms with Gasteiger partial charge in [0.25, 0.3) is 5.56 Å². The van der Waals surface area contributed by atoms with Gasteiger partial charge in [-0.3, -0.25) is 9.59 Å². The summed E-state index contributed by atoms with van der Waals surface area (Å²) in [5.74, 6) is -0.351. The number of aryl methyl sites for hydroxylation is 1. The van der Waals surface area contributed by atoms with E-state index >= 15 is 0 Å². The minimum atomic E-state index is -4.38. The van der Waals surface area contributed by atoms with E-state index in [4.69, 9.17) is 5.10 Å². The predicted octanol–water partition coefficient (Wildman–Crippen LogP) is 6.95. The van der Waals surface area contributed by atoms with Crippen LogP contribution in [0.2, 0.25) is 0 Å². The van der Waals surface area contributed by atoms with Crippen molar-refractivity contribution in [1.29, 1.82) is 0 Å². The molecular weight excluding hydrogens is 595 g/mol. The molecule has 0 bridgehead atoms. The van der Waals surface area contributed by atoms with Crippen LogP contribution in [0.4, 0.5) is 0 Å². The molecule has 1 fully saturated rings. The fourth-order valence-electron chi connectivity index (χ4n) is 6.16. The van der Waals surface area contributed by atoms with Crippen molar-refractivity contribution in [2.45, 2.75) is 67.3 Å². The Labute approximate surface area is 269 Å². The van der Waals surface area contributed by atoms with E-state index in [9.17, 15) is 18.0 Å². The van der Waals surface area contributed by atoms with Crippen molar-refractivity contribution in [2.75, 3.05) is 0 Å². The lowest BCUT2D eigenvalue weighted by Gasteiger charge is -2.27. The molecule has 6 rings (SSSR count). The number of aromatic nitrogens is 2. The summed E-state index contributed by atoms with van der Waals surface area (Å²) in [5.41, 5.74) is 2.56. The molecule has 1 amide bonds. The molecule has 1 unspecified atom stereocenters. The van der Waals surface area contributed by atoms with Gasteiger partial charge >= 0.3 is 0 Å². The third-order valence-electron chi connectivity index (χ3n) is 8.60. The quantitative estimate of drug-likeness (QED) is 0.190. The van der Waals surface area contributed by atoms with Gasteiger partial charge in [0.1, 0.15) is 16.6 Å². The first kappa shape index (κ1) is 31.2. The predicted molar refractivity (Wildman–Crippen MR) is 180 cm³/mol. The molecule has 5 aromatic rings. The van der Waals surface area contributed by atoms with Crippen molar-refractivity contribution in [3.63, 3.8) is 0 Å². The molecule has 1 aliphatic carbocycles. The van der Waals surface area contributed by atoms with Crippen molar-refractivity contribution in [1.82, 2.24) is 15.1 Å². The second-order valence-corrected chi connectivity index (χ2v) is 13.8. The van der Waals surface area contributed by atoms with Crippen molar-refractivity contribution in [3.05, 3.63) is 137 Å². The van der Waals surface area contributed by atoms with Crippen molar-refractivity contribution >= 4 is 15.7 Å². The van der Waals surface area contributed by atoms with E-state index in [0.29, 0.717) is 16.8 Å². The average Bonchev–Trinajstić information content (AvgIpc) is 3.09. The molecule has 234 valence electrons. The largest absolute Gasteiger partial charge is 0.352 e. The number of sulfone groups is 1. The fraction of sp³-hybridized carbons (Fsp3) is 0.237. The smallest absolute Gasteiger partial charge is 0.287 e. The highest BCUT2D eigenvalue weighted by Gasteiger charge is 2.35. The molecule has 7 nitrogen and oxygen atoms in total. The lowest BCUT2D eigenvalue weighted by molar-refractivity contribution is -0.125. The molecule has 0 spiro atoms. The van der Waals surface area contributed by atoms with Gasteiger partial charge in [0.05, 0.1) is 4.90 Å². The number of hydrogen-bond acceptors (Lipinski definition) is 5. The minimum Gasteiger partial charge on any atom is -0.352 e. The molecule has 1 aromatic heterocycles. The van der Waals surface area contributed by atoms with Crippen LogP contribution in [-0.2, 0) is 21.1 Å². The number of carbonyl (C=O) groups excluding carboxylic acids is 1. The average molecular weight is 632 g/mol. The van der Waals surface area contributed by atoms with Crippen LogP contribution < -0.4 is 10.9 Å². The highest BCUT2D eigenvalue weighted by atomic mass is 32.2. The molecule has 4 aromatic carbocycles. The molecule has 1 heterocycles. The van der Waals surface area contributed by atoms with E-state index in [1.54, 1.807) is 36.4 Å². The molecule has 1 aliphatic rings. The van der Waals surface area contributed by atoms with Gasteiger partial charge in [-0.2, -0.15) is 5.10 Å². The minimum absolute atomic E-state index is 0.00425. The van der Waals surface area contributed by atoms with Gasteiger partial charge in [-0.05, 0) is 43.0 Å². The standard InChI is InChI=1S/C38H37N3O4S/c1-27-22-24-32(25-23-27)46(44,45)36-34(29-16-8-3-9-17-29)35(30-18-10-4-11-19-30)40-41(38(36)43)33(26-28-14-6-2-7-15-28)37(42)39-31-20-12-5-13-21-31/h2-4,6-11,14-19,22-25,31,33H,5,12-13,20-21,26H2,1H3,(H,39,42). The molecule has 1 saturated carbocycles. The highest BCUT2D eigenvalue weighted by Crippen LogP contribution is 2.37. The van der Waals surface area contributed by atoms with Gasteiger partial charge in [0.15, 0.2) is 0 Å². The number of benzene rings is 4. The van der Waals surface area contributed by atoms with E-state index in [0.717, 1.165) is 47.9 Å². The number of carbonyl (C=O) groups is 1. The SMILES string of the molecule is Cc1ccc(S(=O)(=O)c2c(-c3ccccc3)c(-c3ccccc3)nn(C(Cc3ccccc3)C(=O)NC3CCCCC3)c2=O)cc1. The second-order valence-electron chi connectivity index (χ2n) is 11.9. The Balaban J connectivity index is 1.65. The van der Waals surface area contributed by atoms with E-state index in [1.165, 1.54) is 12.1 Å². The van der Waals surface area contributed by atoms with E-state index < -0.39 is 26.3 Å². The number of hydrogen-bond donors (Lipinski definition) is 1. The first-order chi connectivity index (χ1) is 22.3. The summed E-state index contributed by atoms with van der Waals surface area (Å²) < 4.78 is 30.4. The van der Waals surface area contributed by atoms with Crippen molar-refractivity contribution < 1.29 is 13.2 Å². The monoisotopic (exact) mass is 631 g/mol. The van der Waals surface area contributed by atoms with Crippen LogP contribution in [-0.4, -0.2) is 30.1 Å². The van der Waals surface area contributed by atoms with Crippen LogP contribution >= 0.6 is 0 Å². The topological polar surface area (TPSA) is 98.1 Å². The molecule has 8 heteroatoms. The Morgan fingerprint density at radius 2 is 1.37 bits per heavy atom. The van der Waals surface area contributed by atoms with Crippen LogP contribution in [0, 0.1) is 6.92 Å². The molecule has 0 radical (unpaired) electrons. The molecule has 1 atom stereocenters. The highest BCUT2D eigenvalue weighted by molar-refractivity contribution is 7.91. The summed E-state index contributed by atoms with van der Waals surface area (Å²) in [7, 11) is -4.38. The molecule has 46 heavy (non-hydrogen) atoms. The summed E-state index contributed by atoms with van der Waals surface area (Å²) in [6, 6.07) is 33.0. The van der Waals surface area contributed by atoms with Crippen molar-refractivity contribution in [2.24, 2.45) is 0 Å². The maximum Gasteiger partial charge on any atom is 0.287 e. The van der Waals surface area contributed by atoms with Gasteiger partial charge in [0, 0.05) is 23.6 Å². The summed E-state index contributed by atoms with van der Waals surface area (Å²) in [6.07, 6.45) is 5.06. The van der Waals surface area contributed by atoms with E-state index in [-0.39, 0.29) is 28.8 Å². The first-order valence-electron chi connectivity index (χ1n) is 15.8. The Hall–Kier alpha value is -4.82. The normalized spacial score (nSPS) is 14.5. The summed E-state index contributed by atoms with van der Waals surface area (Å²) in [4.78, 5) is 28.6.